The Labute approximate surface area is 630 Å². The number of phosphoric ester groups is 5. The summed E-state index contributed by atoms with van der Waals surface area (Å²) in [5.74, 6) is -1.64. The molecule has 41 nitrogen and oxygen atoms in total. The predicted molar refractivity (Wildman–Crippen MR) is 362 cm³/mol. The fourth-order valence-corrected chi connectivity index (χ4v) is 15.2. The summed E-state index contributed by atoms with van der Waals surface area (Å²) in [6, 6.07) is -1.11. The number of aliphatic hydroxyl groups excluding tert-OH is 9. The molecule has 108 heavy (non-hydrogen) atoms. The van der Waals surface area contributed by atoms with Crippen LogP contribution >= 0.6 is 39.1 Å². The summed E-state index contributed by atoms with van der Waals surface area (Å²) in [5, 5.41) is 92.4. The van der Waals surface area contributed by atoms with Crippen molar-refractivity contribution in [2.45, 2.75) is 235 Å². The van der Waals surface area contributed by atoms with Crippen LogP contribution in [0.4, 0.5) is 0 Å². The van der Waals surface area contributed by atoms with Gasteiger partial charge in [0.1, 0.15) is 54.9 Å². The van der Waals surface area contributed by atoms with Crippen molar-refractivity contribution in [3.8, 4) is 0 Å². The summed E-state index contributed by atoms with van der Waals surface area (Å²) in [7, 11) is -23.8. The fourth-order valence-electron chi connectivity index (χ4n) is 11.4. The van der Waals surface area contributed by atoms with Crippen LogP contribution in [0.25, 0.3) is 0 Å². The molecule has 640 valence electrons. The predicted octanol–water partition coefficient (Wildman–Crippen LogP) is -0.908. The summed E-state index contributed by atoms with van der Waals surface area (Å²) in [5.41, 5.74) is -1.61. The molecule has 4 fully saturated rings. The molecule has 0 aromatic carbocycles. The van der Waals surface area contributed by atoms with Crippen LogP contribution in [0.3, 0.4) is 0 Å². The first-order valence-electron chi connectivity index (χ1n) is 36.5. The normalized spacial score (nSPS) is 31.1. The minimum absolute atomic E-state index is 0.0179. The lowest BCUT2D eigenvalue weighted by atomic mass is 9.92. The van der Waals surface area contributed by atoms with Gasteiger partial charge >= 0.3 is 0 Å². The van der Waals surface area contributed by atoms with Crippen molar-refractivity contribution in [1.82, 2.24) is 5.32 Å². The quantitative estimate of drug-likeness (QED) is 0.0260. The van der Waals surface area contributed by atoms with Gasteiger partial charge in [-0.25, -0.2) is 0 Å². The topological polar surface area (TPSA) is 596 Å². The van der Waals surface area contributed by atoms with Gasteiger partial charge in [0.2, 0.25) is 5.91 Å². The van der Waals surface area contributed by atoms with Crippen LogP contribution in [0, 0.1) is 17.3 Å². The third-order valence-corrected chi connectivity index (χ3v) is 22.5. The number of phosphoric acid groups is 5. The first-order chi connectivity index (χ1) is 51.1. The highest BCUT2D eigenvalue weighted by atomic mass is 31.2. The first kappa shape index (κ1) is 99.6. The van der Waals surface area contributed by atoms with Crippen molar-refractivity contribution in [2.75, 3.05) is 139 Å². The largest absolute Gasteiger partial charge is 0.756 e. The van der Waals surface area contributed by atoms with E-state index >= 15 is 0 Å². The zero-order valence-corrected chi connectivity index (χ0v) is 66.4. The number of aliphatic hydroxyl groups is 9. The molecule has 0 saturated carbocycles. The average Bonchev–Trinajstić information content (AvgIpc) is 1.10. The number of unbranched alkanes of at least 4 members (excludes halogenated alkanes) is 10. The lowest BCUT2D eigenvalue weighted by Crippen LogP contribution is -2.64. The average molecular weight is 1670 g/mol. The van der Waals surface area contributed by atoms with Gasteiger partial charge in [0.25, 0.3) is 39.1 Å². The smallest absolute Gasteiger partial charge is 0.267 e. The molecule has 4 aliphatic rings. The van der Waals surface area contributed by atoms with E-state index in [9.17, 15) is 98.0 Å². The molecule has 0 spiro atoms. The number of hydrogen-bond donors (Lipinski definition) is 10. The third-order valence-electron chi connectivity index (χ3n) is 17.7. The van der Waals surface area contributed by atoms with Gasteiger partial charge in [0.15, 0.2) is 18.9 Å². The van der Waals surface area contributed by atoms with Crippen molar-refractivity contribution in [1.29, 1.82) is 0 Å². The Bertz CT molecular complexity index is 2600. The van der Waals surface area contributed by atoms with E-state index in [1.54, 1.807) is 20.8 Å². The van der Waals surface area contributed by atoms with E-state index in [0.717, 1.165) is 7.11 Å². The maximum Gasteiger partial charge on any atom is 0.267 e. The van der Waals surface area contributed by atoms with Gasteiger partial charge in [-0.2, -0.15) is 0 Å². The Kier molecular flexibility index (Phi) is 48.1. The van der Waals surface area contributed by atoms with Crippen LogP contribution in [-0.4, -0.2) is 289 Å². The Hall–Kier alpha value is -0.740. The number of carbonyl (C=O) groups is 1. The lowest BCUT2D eigenvalue weighted by molar-refractivity contribution is -0.282. The summed E-state index contributed by atoms with van der Waals surface area (Å²) < 4.78 is 171. The van der Waals surface area contributed by atoms with Crippen LogP contribution in [0.15, 0.2) is 0 Å². The van der Waals surface area contributed by atoms with Crippen molar-refractivity contribution in [3.05, 3.63) is 0 Å². The molecule has 12 unspecified atom stereocenters. The van der Waals surface area contributed by atoms with E-state index in [2.05, 4.69) is 9.84 Å². The van der Waals surface area contributed by atoms with Gasteiger partial charge < -0.3 is 168 Å². The van der Waals surface area contributed by atoms with Crippen molar-refractivity contribution >= 4 is 45.0 Å². The monoisotopic (exact) mass is 1670 g/mol. The standard InChI is InChI=1S/C62H122NO40P5/c1-43-34-47(103-104(74,75)84-5)51(99-43)38-97-108(82,83)98-42-62(40-86-23-20-32-95-106(78,79)92-29-15-9-6-12-25-88-59-44(2)53(68)55(70)48(35-64)100-59,41-87-24-21-33-96-107(80,81)93-30-16-10-7-13-26-89-60-45(3)54(69)56(71)49(36-65)101-60)39-85-22-18-19-31-94-105(76,77)91-28-17-11-8-14-27-90-61-52(63-46(4)67)58(73)57(72)50(37-66)102-61/h43-45,47-61,64-66,68-73H,6-42H2,1-5H3,(H,63,67)(H,74,75)(H,76,77)(H,78,79)(H,80,81)(H,82,83)/p-5/t43-,44?,45?,47?,48?,49?,50?,51+,52?,53+,54+,55-,56-,57-,58+,59+,60+,61+,62?/m0/s1. The molecule has 1 amide bonds. The van der Waals surface area contributed by atoms with Gasteiger partial charge in [0, 0.05) is 71.9 Å². The number of carbonyl (C=O) groups excluding carboxylic acids is 1. The number of amides is 1. The molecule has 0 aromatic rings. The summed E-state index contributed by atoms with van der Waals surface area (Å²) in [4.78, 5) is 75.5. The SMILES string of the molecule is COP(=O)([O-])OC1C[C@H](C)O[C@@H]1COP(=O)([O-])OCC(COCCCCOP(=O)([O-])OCCCCCCO[C@@H]1OC(CO)[C@H](O)[C@H](O)C1NC(C)=O)(COCCCOP(=O)([O-])OCCCCCCO[C@@H]1OC(CO)[C@H](O)[C@H](O)C1C)COCCCOP(=O)([O-])OCCCCCCO[C@@H]1OC(CO)[C@H](O)[C@H](O)C1C. The molecular weight excluding hydrogens is 1550 g/mol. The second-order valence-electron chi connectivity index (χ2n) is 26.8. The van der Waals surface area contributed by atoms with E-state index in [0.29, 0.717) is 77.0 Å². The Morgan fingerprint density at radius 2 is 0.741 bits per heavy atom. The minimum Gasteiger partial charge on any atom is -0.756 e. The number of hydrogen-bond acceptors (Lipinski definition) is 40. The van der Waals surface area contributed by atoms with Gasteiger partial charge in [-0.15, -0.1) is 0 Å². The van der Waals surface area contributed by atoms with Crippen molar-refractivity contribution < 1.29 is 191 Å². The summed E-state index contributed by atoms with van der Waals surface area (Å²) in [6.45, 7) is -0.262. The van der Waals surface area contributed by atoms with E-state index < -0.39 is 226 Å². The van der Waals surface area contributed by atoms with Gasteiger partial charge in [-0.05, 0) is 71.1 Å². The second kappa shape index (κ2) is 52.1. The maximum atomic E-state index is 13.6. The molecule has 23 atom stereocenters. The van der Waals surface area contributed by atoms with Gasteiger partial charge in [-0.1, -0.05) is 52.4 Å². The molecule has 0 aromatic heterocycles. The number of ether oxygens (including phenoxy) is 10. The van der Waals surface area contributed by atoms with Crippen LogP contribution in [0.5, 0.6) is 0 Å². The highest BCUT2D eigenvalue weighted by Crippen LogP contribution is 2.46. The molecule has 4 saturated heterocycles. The molecule has 0 radical (unpaired) electrons. The number of nitrogens with one attached hydrogen (secondary N) is 1. The van der Waals surface area contributed by atoms with Crippen LogP contribution in [0.2, 0.25) is 0 Å². The zero-order chi connectivity index (χ0) is 80.0. The van der Waals surface area contributed by atoms with E-state index in [1.807, 2.05) is 0 Å². The number of rotatable bonds is 62. The molecule has 10 N–H and O–H groups in total. The second-order valence-corrected chi connectivity index (χ2v) is 34.0. The molecule has 4 heterocycles. The maximum absolute atomic E-state index is 13.6. The first-order valence-corrected chi connectivity index (χ1v) is 43.8. The summed E-state index contributed by atoms with van der Waals surface area (Å²) >= 11 is 0. The highest BCUT2D eigenvalue weighted by molar-refractivity contribution is 7.46. The molecule has 46 heteroatoms. The minimum atomic E-state index is -5.37. The highest BCUT2D eigenvalue weighted by Gasteiger charge is 2.47. The molecule has 4 aliphatic heterocycles. The summed E-state index contributed by atoms with van der Waals surface area (Å²) in [6.07, 6.45) is -11.0. The van der Waals surface area contributed by atoms with E-state index in [-0.39, 0.29) is 98.2 Å². The third kappa shape index (κ3) is 38.6. The van der Waals surface area contributed by atoms with Crippen LogP contribution in [-0.2, 0) is 120 Å². The molecule has 0 aliphatic carbocycles. The molecule has 0 bridgehead atoms. The zero-order valence-electron chi connectivity index (χ0n) is 62.0. The Morgan fingerprint density at radius 3 is 1.13 bits per heavy atom. The van der Waals surface area contributed by atoms with Gasteiger partial charge in [0.05, 0.1) is 122 Å². The fraction of sp³-hybridized carbons (Fsp3) is 0.984. The van der Waals surface area contributed by atoms with Crippen molar-refractivity contribution in [3.63, 3.8) is 0 Å². The molecule has 4 rings (SSSR count). The lowest BCUT2D eigenvalue weighted by Gasteiger charge is -2.42. The van der Waals surface area contributed by atoms with Gasteiger partial charge in [-0.3, -0.25) is 27.6 Å². The van der Waals surface area contributed by atoms with Crippen molar-refractivity contribution in [2.24, 2.45) is 17.3 Å². The Morgan fingerprint density at radius 1 is 0.407 bits per heavy atom. The molecular formula is C62H117NO40P5-5. The van der Waals surface area contributed by atoms with Crippen LogP contribution in [0.1, 0.15) is 137 Å². The van der Waals surface area contributed by atoms with E-state index in [1.165, 1.54) is 6.92 Å². The van der Waals surface area contributed by atoms with E-state index in [4.69, 9.17) is 88.1 Å². The van der Waals surface area contributed by atoms with Crippen LogP contribution < -0.4 is 29.8 Å². The Balaban J connectivity index is 1.32.